The number of carbonyl (C=O) groups excluding carboxylic acids is 2. The number of hydrogen-bond donors (Lipinski definition) is 1. The molecule has 0 saturated carbocycles. The van der Waals surface area contributed by atoms with Crippen molar-refractivity contribution < 1.29 is 9.59 Å². The second-order valence-electron chi connectivity index (χ2n) is 5.09. The molecule has 0 spiro atoms. The second-order valence-corrected chi connectivity index (χ2v) is 5.09. The monoisotopic (exact) mass is 262 g/mol. The standard InChI is InChI=1S/C13H18N4O2/c1-8(2)11-12(18)16-9(3)13(19)17(11)6-10-4-5-14-7-15-10/h4-5,7-9,11H,6H2,1-3H3,(H,16,18). The van der Waals surface area contributed by atoms with Crippen molar-refractivity contribution >= 4 is 11.8 Å². The molecule has 1 aromatic rings. The van der Waals surface area contributed by atoms with Gasteiger partial charge in [-0.15, -0.1) is 0 Å². The number of rotatable bonds is 3. The van der Waals surface area contributed by atoms with Gasteiger partial charge in [0.25, 0.3) is 0 Å². The topological polar surface area (TPSA) is 75.2 Å². The Morgan fingerprint density at radius 1 is 1.42 bits per heavy atom. The van der Waals surface area contributed by atoms with Gasteiger partial charge in [-0.05, 0) is 18.9 Å². The van der Waals surface area contributed by atoms with E-state index >= 15 is 0 Å². The Kier molecular flexibility index (Phi) is 3.78. The molecule has 0 bridgehead atoms. The van der Waals surface area contributed by atoms with Crippen LogP contribution in [0.25, 0.3) is 0 Å². The molecule has 2 amide bonds. The van der Waals surface area contributed by atoms with E-state index in [2.05, 4.69) is 15.3 Å². The summed E-state index contributed by atoms with van der Waals surface area (Å²) < 4.78 is 0. The van der Waals surface area contributed by atoms with E-state index in [9.17, 15) is 9.59 Å². The third kappa shape index (κ3) is 2.72. The van der Waals surface area contributed by atoms with Gasteiger partial charge in [-0.1, -0.05) is 13.8 Å². The average Bonchev–Trinajstić information content (AvgIpc) is 2.36. The SMILES string of the molecule is CC1NC(=O)C(C(C)C)N(Cc2ccncn2)C1=O. The molecular weight excluding hydrogens is 244 g/mol. The molecule has 0 aromatic carbocycles. The molecule has 1 aliphatic rings. The van der Waals surface area contributed by atoms with Gasteiger partial charge in [0.1, 0.15) is 18.4 Å². The number of nitrogens with one attached hydrogen (secondary N) is 1. The van der Waals surface area contributed by atoms with Crippen LogP contribution in [0.3, 0.4) is 0 Å². The summed E-state index contributed by atoms with van der Waals surface area (Å²) in [4.78, 5) is 33.9. The maximum Gasteiger partial charge on any atom is 0.245 e. The first-order valence-electron chi connectivity index (χ1n) is 6.36. The molecule has 2 atom stereocenters. The zero-order chi connectivity index (χ0) is 14.0. The minimum Gasteiger partial charge on any atom is -0.343 e. The summed E-state index contributed by atoms with van der Waals surface area (Å²) in [7, 11) is 0. The zero-order valence-corrected chi connectivity index (χ0v) is 11.3. The fourth-order valence-corrected chi connectivity index (χ4v) is 2.31. The predicted octanol–water partition coefficient (Wildman–Crippen LogP) is 0.348. The van der Waals surface area contributed by atoms with Crippen molar-refractivity contribution in [2.75, 3.05) is 0 Å². The lowest BCUT2D eigenvalue weighted by atomic mass is 9.97. The van der Waals surface area contributed by atoms with Crippen LogP contribution in [0.5, 0.6) is 0 Å². The maximum absolute atomic E-state index is 12.3. The molecule has 102 valence electrons. The van der Waals surface area contributed by atoms with Crippen molar-refractivity contribution in [1.82, 2.24) is 20.2 Å². The molecule has 0 aliphatic carbocycles. The van der Waals surface area contributed by atoms with E-state index in [1.807, 2.05) is 13.8 Å². The van der Waals surface area contributed by atoms with Gasteiger partial charge in [0, 0.05) is 6.20 Å². The van der Waals surface area contributed by atoms with Gasteiger partial charge in [-0.3, -0.25) is 9.59 Å². The predicted molar refractivity (Wildman–Crippen MR) is 68.8 cm³/mol. The third-order valence-corrected chi connectivity index (χ3v) is 3.22. The summed E-state index contributed by atoms with van der Waals surface area (Å²) in [5, 5.41) is 2.71. The van der Waals surface area contributed by atoms with Crippen LogP contribution in [-0.2, 0) is 16.1 Å². The van der Waals surface area contributed by atoms with E-state index in [-0.39, 0.29) is 17.7 Å². The smallest absolute Gasteiger partial charge is 0.245 e. The van der Waals surface area contributed by atoms with E-state index < -0.39 is 12.1 Å². The van der Waals surface area contributed by atoms with Gasteiger partial charge in [0.05, 0.1) is 12.2 Å². The van der Waals surface area contributed by atoms with Crippen LogP contribution in [0.1, 0.15) is 26.5 Å². The molecule has 19 heavy (non-hydrogen) atoms. The van der Waals surface area contributed by atoms with E-state index in [1.165, 1.54) is 6.33 Å². The van der Waals surface area contributed by atoms with Gasteiger partial charge in [0.2, 0.25) is 11.8 Å². The van der Waals surface area contributed by atoms with Crippen LogP contribution in [-0.4, -0.2) is 38.8 Å². The van der Waals surface area contributed by atoms with Gasteiger partial charge in [-0.2, -0.15) is 0 Å². The Labute approximate surface area is 112 Å². The lowest BCUT2D eigenvalue weighted by Gasteiger charge is -2.39. The lowest BCUT2D eigenvalue weighted by molar-refractivity contribution is -0.151. The van der Waals surface area contributed by atoms with Crippen LogP contribution in [0.2, 0.25) is 0 Å². The van der Waals surface area contributed by atoms with E-state index in [0.717, 1.165) is 5.69 Å². The lowest BCUT2D eigenvalue weighted by Crippen LogP contribution is -2.63. The van der Waals surface area contributed by atoms with Crippen molar-refractivity contribution in [1.29, 1.82) is 0 Å². The van der Waals surface area contributed by atoms with Crippen molar-refractivity contribution in [3.05, 3.63) is 24.3 Å². The molecule has 2 unspecified atom stereocenters. The summed E-state index contributed by atoms with van der Waals surface area (Å²) in [6.45, 7) is 5.90. The van der Waals surface area contributed by atoms with Gasteiger partial charge in [-0.25, -0.2) is 9.97 Å². The molecule has 6 nitrogen and oxygen atoms in total. The molecule has 2 rings (SSSR count). The summed E-state index contributed by atoms with van der Waals surface area (Å²) >= 11 is 0. The first-order valence-corrected chi connectivity index (χ1v) is 6.36. The molecule has 0 radical (unpaired) electrons. The van der Waals surface area contributed by atoms with Crippen molar-refractivity contribution in [2.45, 2.75) is 39.4 Å². The Bertz CT molecular complexity index is 475. The van der Waals surface area contributed by atoms with E-state index in [4.69, 9.17) is 0 Å². The minimum absolute atomic E-state index is 0.0540. The Morgan fingerprint density at radius 3 is 2.74 bits per heavy atom. The first-order chi connectivity index (χ1) is 9.00. The normalized spacial score (nSPS) is 23.7. The molecule has 1 aromatic heterocycles. The molecular formula is C13H18N4O2. The number of piperazine rings is 1. The molecule has 6 heteroatoms. The number of nitrogens with zero attached hydrogens (tertiary/aromatic N) is 3. The van der Waals surface area contributed by atoms with Crippen LogP contribution >= 0.6 is 0 Å². The molecule has 1 aliphatic heterocycles. The van der Waals surface area contributed by atoms with E-state index in [1.54, 1.807) is 24.1 Å². The highest BCUT2D eigenvalue weighted by Gasteiger charge is 2.40. The van der Waals surface area contributed by atoms with Crippen LogP contribution in [0, 0.1) is 5.92 Å². The highest BCUT2D eigenvalue weighted by molar-refractivity contribution is 5.96. The molecule has 2 heterocycles. The average molecular weight is 262 g/mol. The van der Waals surface area contributed by atoms with Gasteiger partial charge >= 0.3 is 0 Å². The first kappa shape index (κ1) is 13.5. The number of hydrogen-bond acceptors (Lipinski definition) is 4. The van der Waals surface area contributed by atoms with Gasteiger partial charge < -0.3 is 10.2 Å². The maximum atomic E-state index is 12.3. The summed E-state index contributed by atoms with van der Waals surface area (Å²) in [5.74, 6) is -0.119. The van der Waals surface area contributed by atoms with Crippen molar-refractivity contribution in [2.24, 2.45) is 5.92 Å². The van der Waals surface area contributed by atoms with Crippen LogP contribution < -0.4 is 5.32 Å². The molecule has 1 fully saturated rings. The Hall–Kier alpha value is -1.98. The molecule has 1 saturated heterocycles. The zero-order valence-electron chi connectivity index (χ0n) is 11.3. The van der Waals surface area contributed by atoms with Crippen molar-refractivity contribution in [3.8, 4) is 0 Å². The number of carbonyl (C=O) groups is 2. The number of aromatic nitrogens is 2. The minimum atomic E-state index is -0.482. The van der Waals surface area contributed by atoms with Crippen LogP contribution in [0.4, 0.5) is 0 Å². The third-order valence-electron chi connectivity index (χ3n) is 3.22. The van der Waals surface area contributed by atoms with Crippen LogP contribution in [0.15, 0.2) is 18.6 Å². The fourth-order valence-electron chi connectivity index (χ4n) is 2.31. The Morgan fingerprint density at radius 2 is 2.16 bits per heavy atom. The highest BCUT2D eigenvalue weighted by atomic mass is 16.2. The second kappa shape index (κ2) is 5.34. The van der Waals surface area contributed by atoms with E-state index in [0.29, 0.717) is 6.54 Å². The summed E-state index contributed by atoms with van der Waals surface area (Å²) in [6.07, 6.45) is 3.07. The Balaban J connectivity index is 2.26. The fraction of sp³-hybridized carbons (Fsp3) is 0.538. The molecule has 1 N–H and O–H groups in total. The largest absolute Gasteiger partial charge is 0.343 e. The number of amides is 2. The van der Waals surface area contributed by atoms with Crippen molar-refractivity contribution in [3.63, 3.8) is 0 Å². The quantitative estimate of drug-likeness (QED) is 0.852. The highest BCUT2D eigenvalue weighted by Crippen LogP contribution is 2.19. The summed E-state index contributed by atoms with van der Waals surface area (Å²) in [5.41, 5.74) is 0.732. The van der Waals surface area contributed by atoms with Gasteiger partial charge in [0.15, 0.2) is 0 Å². The summed E-state index contributed by atoms with van der Waals surface area (Å²) in [6, 6.07) is 0.824.